The molecule has 0 amide bonds. The van der Waals surface area contributed by atoms with E-state index in [1.165, 1.54) is 41.9 Å². The Morgan fingerprint density at radius 2 is 2.24 bits per heavy atom. The molecule has 1 aliphatic carbocycles. The highest BCUT2D eigenvalue weighted by atomic mass is 35.5. The number of aromatic nitrogens is 2. The predicted molar refractivity (Wildman–Crippen MR) is 93.7 cm³/mol. The van der Waals surface area contributed by atoms with E-state index in [-0.39, 0.29) is 0 Å². The van der Waals surface area contributed by atoms with Crippen molar-refractivity contribution in [1.82, 2.24) is 9.55 Å². The maximum atomic E-state index is 6.01. The third-order valence-electron chi connectivity index (χ3n) is 4.37. The van der Waals surface area contributed by atoms with E-state index in [1.54, 1.807) is 0 Å². The van der Waals surface area contributed by atoms with Gasteiger partial charge in [0.2, 0.25) is 0 Å². The number of thioether (sulfide) groups is 1. The van der Waals surface area contributed by atoms with Gasteiger partial charge in [0.15, 0.2) is 0 Å². The van der Waals surface area contributed by atoms with Gasteiger partial charge in [-0.2, -0.15) is 11.8 Å². The minimum Gasteiger partial charge on any atom is -0.324 e. The van der Waals surface area contributed by atoms with E-state index in [4.69, 9.17) is 16.6 Å². The first-order chi connectivity index (χ1) is 10.2. The van der Waals surface area contributed by atoms with Gasteiger partial charge in [0.05, 0.1) is 11.0 Å². The van der Waals surface area contributed by atoms with Crippen LogP contribution in [0.1, 0.15) is 43.6 Å². The van der Waals surface area contributed by atoms with Gasteiger partial charge in [0.25, 0.3) is 0 Å². The monoisotopic (exact) mass is 322 g/mol. The molecule has 0 spiro atoms. The average molecular weight is 323 g/mol. The maximum Gasteiger partial charge on any atom is 0.111 e. The molecule has 3 rings (SSSR count). The third-order valence-corrected chi connectivity index (χ3v) is 5.87. The SMILES string of the molecule is CCSC1CCCC1n1c(CCCl)nc2cc(C)ccc21. The third kappa shape index (κ3) is 2.95. The summed E-state index contributed by atoms with van der Waals surface area (Å²) in [6.07, 6.45) is 4.78. The molecule has 1 aromatic heterocycles. The van der Waals surface area contributed by atoms with E-state index in [1.807, 2.05) is 0 Å². The van der Waals surface area contributed by atoms with E-state index in [9.17, 15) is 0 Å². The Bertz CT molecular complexity index is 623. The van der Waals surface area contributed by atoms with E-state index in [2.05, 4.69) is 48.4 Å². The van der Waals surface area contributed by atoms with E-state index in [0.717, 1.165) is 17.2 Å². The van der Waals surface area contributed by atoms with Gasteiger partial charge < -0.3 is 4.57 Å². The first kappa shape index (κ1) is 15.2. The summed E-state index contributed by atoms with van der Waals surface area (Å²) in [6.45, 7) is 4.39. The van der Waals surface area contributed by atoms with Crippen molar-refractivity contribution in [3.05, 3.63) is 29.6 Å². The number of imidazole rings is 1. The fraction of sp³-hybridized carbons (Fsp3) is 0.588. The molecule has 0 aliphatic heterocycles. The number of hydrogen-bond donors (Lipinski definition) is 0. The molecule has 1 heterocycles. The Hall–Kier alpha value is -0.670. The summed E-state index contributed by atoms with van der Waals surface area (Å²) in [4.78, 5) is 4.87. The first-order valence-electron chi connectivity index (χ1n) is 7.89. The van der Waals surface area contributed by atoms with Crippen LogP contribution in [0.2, 0.25) is 0 Å². The van der Waals surface area contributed by atoms with Crippen LogP contribution in [0.15, 0.2) is 18.2 Å². The quantitative estimate of drug-likeness (QED) is 0.723. The molecule has 114 valence electrons. The summed E-state index contributed by atoms with van der Waals surface area (Å²) in [5, 5.41) is 0.725. The fourth-order valence-corrected chi connectivity index (χ4v) is 4.91. The number of nitrogens with zero attached hydrogens (tertiary/aromatic N) is 2. The Labute approximate surface area is 136 Å². The standard InChI is InChI=1S/C17H23ClN2S/c1-3-21-16-6-4-5-15(16)20-14-8-7-12(2)11-13(14)19-17(20)9-10-18/h7-8,11,15-16H,3-6,9-10H2,1-2H3. The van der Waals surface area contributed by atoms with Crippen LogP contribution in [0.5, 0.6) is 0 Å². The van der Waals surface area contributed by atoms with Crippen LogP contribution < -0.4 is 0 Å². The van der Waals surface area contributed by atoms with Gasteiger partial charge in [-0.3, -0.25) is 0 Å². The summed E-state index contributed by atoms with van der Waals surface area (Å²) < 4.78 is 2.50. The van der Waals surface area contributed by atoms with Crippen LogP contribution in [0.25, 0.3) is 11.0 Å². The molecule has 2 nitrogen and oxygen atoms in total. The molecule has 4 heteroatoms. The molecule has 1 aliphatic rings. The Morgan fingerprint density at radius 3 is 3.00 bits per heavy atom. The van der Waals surface area contributed by atoms with Crippen molar-refractivity contribution in [1.29, 1.82) is 0 Å². The summed E-state index contributed by atoms with van der Waals surface area (Å²) in [6, 6.07) is 7.21. The van der Waals surface area contributed by atoms with E-state index >= 15 is 0 Å². The fourth-order valence-electron chi connectivity index (χ4n) is 3.50. The number of halogens is 1. The van der Waals surface area contributed by atoms with Crippen molar-refractivity contribution >= 4 is 34.4 Å². The zero-order chi connectivity index (χ0) is 14.8. The smallest absolute Gasteiger partial charge is 0.111 e. The second kappa shape index (κ2) is 6.62. The van der Waals surface area contributed by atoms with Crippen molar-refractivity contribution < 1.29 is 0 Å². The minimum absolute atomic E-state index is 0.584. The highest BCUT2D eigenvalue weighted by Crippen LogP contribution is 2.40. The minimum atomic E-state index is 0.584. The Balaban J connectivity index is 2.08. The molecular formula is C17H23ClN2S. The number of rotatable bonds is 5. The lowest BCUT2D eigenvalue weighted by molar-refractivity contribution is 0.522. The zero-order valence-electron chi connectivity index (χ0n) is 12.8. The summed E-state index contributed by atoms with van der Waals surface area (Å²) in [5.74, 6) is 3.00. The Morgan fingerprint density at radius 1 is 1.38 bits per heavy atom. The number of hydrogen-bond acceptors (Lipinski definition) is 2. The second-order valence-electron chi connectivity index (χ2n) is 5.82. The lowest BCUT2D eigenvalue weighted by Crippen LogP contribution is -2.19. The van der Waals surface area contributed by atoms with Crippen LogP contribution in [-0.4, -0.2) is 26.4 Å². The van der Waals surface area contributed by atoms with Gasteiger partial charge in [-0.15, -0.1) is 11.6 Å². The van der Waals surface area contributed by atoms with Crippen molar-refractivity contribution in [3.63, 3.8) is 0 Å². The normalized spacial score (nSPS) is 22.2. The van der Waals surface area contributed by atoms with Crippen LogP contribution in [-0.2, 0) is 6.42 Å². The van der Waals surface area contributed by atoms with Crippen molar-refractivity contribution in [2.75, 3.05) is 11.6 Å². The summed E-state index contributed by atoms with van der Waals surface area (Å²) in [5.41, 5.74) is 3.69. The molecular weight excluding hydrogens is 300 g/mol. The molecule has 21 heavy (non-hydrogen) atoms. The first-order valence-corrected chi connectivity index (χ1v) is 9.48. The molecule has 2 aromatic rings. The van der Waals surface area contributed by atoms with E-state index in [0.29, 0.717) is 11.9 Å². The van der Waals surface area contributed by atoms with Gasteiger partial charge in [-0.25, -0.2) is 4.98 Å². The van der Waals surface area contributed by atoms with Crippen molar-refractivity contribution in [3.8, 4) is 0 Å². The lowest BCUT2D eigenvalue weighted by atomic mass is 10.2. The van der Waals surface area contributed by atoms with Crippen molar-refractivity contribution in [2.45, 2.75) is 50.8 Å². The molecule has 1 aromatic carbocycles. The van der Waals surface area contributed by atoms with Gasteiger partial charge in [0, 0.05) is 23.6 Å². The maximum absolute atomic E-state index is 6.01. The van der Waals surface area contributed by atoms with Gasteiger partial charge >= 0.3 is 0 Å². The highest BCUT2D eigenvalue weighted by Gasteiger charge is 2.31. The van der Waals surface area contributed by atoms with Gasteiger partial charge in [-0.1, -0.05) is 19.4 Å². The van der Waals surface area contributed by atoms with Crippen LogP contribution in [0, 0.1) is 6.92 Å². The highest BCUT2D eigenvalue weighted by molar-refractivity contribution is 7.99. The number of alkyl halides is 1. The molecule has 1 saturated carbocycles. The second-order valence-corrected chi connectivity index (χ2v) is 7.72. The summed E-state index contributed by atoms with van der Waals surface area (Å²) >= 11 is 8.11. The van der Waals surface area contributed by atoms with Crippen LogP contribution in [0.4, 0.5) is 0 Å². The largest absolute Gasteiger partial charge is 0.324 e. The van der Waals surface area contributed by atoms with Gasteiger partial charge in [0.1, 0.15) is 5.82 Å². The Kier molecular flexibility index (Phi) is 4.80. The zero-order valence-corrected chi connectivity index (χ0v) is 14.4. The number of fused-ring (bicyclic) bond motifs is 1. The van der Waals surface area contributed by atoms with Crippen molar-refractivity contribution in [2.24, 2.45) is 0 Å². The molecule has 2 atom stereocenters. The van der Waals surface area contributed by atoms with Gasteiger partial charge in [-0.05, 0) is 43.2 Å². The van der Waals surface area contributed by atoms with Crippen LogP contribution in [0.3, 0.4) is 0 Å². The number of aryl methyl sites for hydroxylation is 2. The molecule has 0 bridgehead atoms. The molecule has 1 fully saturated rings. The molecule has 0 radical (unpaired) electrons. The molecule has 0 N–H and O–H groups in total. The predicted octanol–water partition coefficient (Wildman–Crippen LogP) is 4.97. The topological polar surface area (TPSA) is 17.8 Å². The molecule has 0 saturated heterocycles. The average Bonchev–Trinajstić information content (AvgIpc) is 3.03. The number of benzene rings is 1. The summed E-state index contributed by atoms with van der Waals surface area (Å²) in [7, 11) is 0. The van der Waals surface area contributed by atoms with E-state index < -0.39 is 0 Å². The molecule has 2 unspecified atom stereocenters. The van der Waals surface area contributed by atoms with Crippen LogP contribution >= 0.6 is 23.4 Å². The lowest BCUT2D eigenvalue weighted by Gasteiger charge is -2.23.